The topological polar surface area (TPSA) is 49.9 Å². The Balaban J connectivity index is 1.85. The van der Waals surface area contributed by atoms with E-state index in [0.29, 0.717) is 29.3 Å². The van der Waals surface area contributed by atoms with Crippen LogP contribution in [0.5, 0.6) is 5.75 Å². The van der Waals surface area contributed by atoms with E-state index in [-0.39, 0.29) is 30.1 Å². The Morgan fingerprint density at radius 3 is 2.72 bits per heavy atom. The summed E-state index contributed by atoms with van der Waals surface area (Å²) in [4.78, 5) is 28.9. The van der Waals surface area contributed by atoms with Crippen molar-refractivity contribution >= 4 is 29.3 Å². The molecule has 2 heterocycles. The molecular weight excluding hydrogens is 391 g/mol. The molecule has 2 aliphatic rings. The van der Waals surface area contributed by atoms with E-state index in [1.807, 2.05) is 26.0 Å². The van der Waals surface area contributed by atoms with Gasteiger partial charge in [0, 0.05) is 29.3 Å². The number of fused-ring (bicyclic) bond motifs is 2. The minimum Gasteiger partial charge on any atom is -0.497 e. The number of hydrogen-bond acceptors (Lipinski definition) is 4. The predicted octanol–water partition coefficient (Wildman–Crippen LogP) is 3.77. The van der Waals surface area contributed by atoms with Gasteiger partial charge in [-0.05, 0) is 24.3 Å². The van der Waals surface area contributed by atoms with Crippen molar-refractivity contribution in [2.45, 2.75) is 25.3 Å². The number of ether oxygens (including phenoxy) is 1. The average Bonchev–Trinajstić information content (AvgIpc) is 3.25. The van der Waals surface area contributed by atoms with Gasteiger partial charge in [-0.2, -0.15) is 0 Å². The Morgan fingerprint density at radius 2 is 2.03 bits per heavy atom. The van der Waals surface area contributed by atoms with E-state index in [9.17, 15) is 14.0 Å². The molecule has 4 rings (SSSR count). The normalized spacial score (nSPS) is 20.7. The van der Waals surface area contributed by atoms with E-state index in [1.54, 1.807) is 41.2 Å². The largest absolute Gasteiger partial charge is 0.497 e. The van der Waals surface area contributed by atoms with E-state index in [2.05, 4.69) is 0 Å². The van der Waals surface area contributed by atoms with Crippen molar-refractivity contribution in [3.05, 3.63) is 59.4 Å². The summed E-state index contributed by atoms with van der Waals surface area (Å²) >= 11 is 1.46. The highest BCUT2D eigenvalue weighted by Crippen LogP contribution is 2.55. The molecule has 1 fully saturated rings. The Kier molecular flexibility index (Phi) is 5.02. The summed E-state index contributed by atoms with van der Waals surface area (Å²) in [6, 6.07) is 11.9. The molecule has 0 radical (unpaired) electrons. The SMILES string of the molecule is COc1ccc2c(c1)[C@]1(SCCN1C(=O)C(C)C)C(=O)N2Cc1ccccc1F. The van der Waals surface area contributed by atoms with Crippen LogP contribution in [-0.2, 0) is 21.0 Å². The third-order valence-electron chi connectivity index (χ3n) is 5.45. The van der Waals surface area contributed by atoms with Gasteiger partial charge < -0.3 is 14.5 Å². The summed E-state index contributed by atoms with van der Waals surface area (Å²) in [6.45, 7) is 4.28. The van der Waals surface area contributed by atoms with Crippen LogP contribution >= 0.6 is 11.8 Å². The van der Waals surface area contributed by atoms with Crippen LogP contribution in [0.25, 0.3) is 0 Å². The number of thioether (sulfide) groups is 1. The summed E-state index contributed by atoms with van der Waals surface area (Å²) in [7, 11) is 1.57. The van der Waals surface area contributed by atoms with Gasteiger partial charge in [0.1, 0.15) is 11.6 Å². The van der Waals surface area contributed by atoms with Crippen LogP contribution in [0.2, 0.25) is 0 Å². The number of rotatable bonds is 4. The summed E-state index contributed by atoms with van der Waals surface area (Å²) in [6.07, 6.45) is 0. The van der Waals surface area contributed by atoms with Gasteiger partial charge in [0.2, 0.25) is 5.91 Å². The molecule has 29 heavy (non-hydrogen) atoms. The van der Waals surface area contributed by atoms with Crippen LogP contribution < -0.4 is 9.64 Å². The minimum atomic E-state index is -1.13. The van der Waals surface area contributed by atoms with E-state index in [1.165, 1.54) is 17.8 Å². The monoisotopic (exact) mass is 414 g/mol. The molecule has 2 aliphatic heterocycles. The molecule has 5 nitrogen and oxygen atoms in total. The van der Waals surface area contributed by atoms with Crippen molar-refractivity contribution in [1.82, 2.24) is 4.90 Å². The Hall–Kier alpha value is -2.54. The van der Waals surface area contributed by atoms with Gasteiger partial charge in [-0.25, -0.2) is 4.39 Å². The second-order valence-electron chi connectivity index (χ2n) is 7.50. The van der Waals surface area contributed by atoms with E-state index in [4.69, 9.17) is 4.74 Å². The number of methoxy groups -OCH3 is 1. The number of hydrogen-bond donors (Lipinski definition) is 0. The fourth-order valence-electron chi connectivity index (χ4n) is 4.01. The van der Waals surface area contributed by atoms with Gasteiger partial charge in [-0.3, -0.25) is 9.59 Å². The third kappa shape index (κ3) is 2.99. The van der Waals surface area contributed by atoms with Gasteiger partial charge in [-0.1, -0.05) is 32.0 Å². The summed E-state index contributed by atoms with van der Waals surface area (Å²) in [5, 5.41) is 0. The maximum atomic E-state index is 14.3. The number of carbonyl (C=O) groups is 2. The molecule has 0 unspecified atom stereocenters. The zero-order chi connectivity index (χ0) is 20.8. The van der Waals surface area contributed by atoms with Gasteiger partial charge in [0.05, 0.1) is 19.3 Å². The molecule has 1 spiro atoms. The summed E-state index contributed by atoms with van der Waals surface area (Å²) in [5.74, 6) is 0.422. The fourth-order valence-corrected chi connectivity index (χ4v) is 5.47. The van der Waals surface area contributed by atoms with Crippen LogP contribution in [0.1, 0.15) is 25.0 Å². The Morgan fingerprint density at radius 1 is 1.28 bits per heavy atom. The highest BCUT2D eigenvalue weighted by Gasteiger charge is 2.59. The van der Waals surface area contributed by atoms with E-state index in [0.717, 1.165) is 5.56 Å². The number of halogens is 1. The first-order valence-corrected chi connectivity index (χ1v) is 10.6. The molecule has 2 aromatic rings. The first kappa shape index (κ1) is 19.8. The van der Waals surface area contributed by atoms with Crippen LogP contribution in [0.3, 0.4) is 0 Å². The fraction of sp³-hybridized carbons (Fsp3) is 0.364. The highest BCUT2D eigenvalue weighted by molar-refractivity contribution is 8.01. The van der Waals surface area contributed by atoms with Crippen LogP contribution in [0.4, 0.5) is 10.1 Å². The molecule has 2 amide bonds. The third-order valence-corrected chi connectivity index (χ3v) is 6.87. The highest BCUT2D eigenvalue weighted by atomic mass is 32.2. The van der Waals surface area contributed by atoms with Gasteiger partial charge in [0.25, 0.3) is 5.91 Å². The molecule has 1 atom stereocenters. The van der Waals surface area contributed by atoms with Crippen molar-refractivity contribution in [2.75, 3.05) is 24.3 Å². The van der Waals surface area contributed by atoms with Crippen molar-refractivity contribution < 1.29 is 18.7 Å². The van der Waals surface area contributed by atoms with Gasteiger partial charge in [-0.15, -0.1) is 11.8 Å². The summed E-state index contributed by atoms with van der Waals surface area (Å²) in [5.41, 5.74) is 1.86. The first-order valence-electron chi connectivity index (χ1n) is 9.59. The zero-order valence-corrected chi connectivity index (χ0v) is 17.5. The molecule has 0 bridgehead atoms. The lowest BCUT2D eigenvalue weighted by Gasteiger charge is -2.34. The number of nitrogens with zero attached hydrogens (tertiary/aromatic N) is 2. The molecule has 0 N–H and O–H groups in total. The smallest absolute Gasteiger partial charge is 0.268 e. The Labute approximate surface area is 173 Å². The number of carbonyl (C=O) groups excluding carboxylic acids is 2. The lowest BCUT2D eigenvalue weighted by molar-refractivity contribution is -0.142. The molecule has 0 saturated carbocycles. The second-order valence-corrected chi connectivity index (χ2v) is 8.79. The van der Waals surface area contributed by atoms with Gasteiger partial charge >= 0.3 is 0 Å². The number of benzene rings is 2. The zero-order valence-electron chi connectivity index (χ0n) is 16.6. The van der Waals surface area contributed by atoms with Crippen molar-refractivity contribution in [1.29, 1.82) is 0 Å². The standard InChI is InChI=1S/C22H23FN2O3S/c1-14(2)20(26)25-10-11-29-22(25)17-12-16(28-3)8-9-19(17)24(21(22)27)13-15-6-4-5-7-18(15)23/h4-9,12,14H,10-11,13H2,1-3H3/t22-/m0/s1. The molecule has 7 heteroatoms. The first-order chi connectivity index (χ1) is 13.9. The quantitative estimate of drug-likeness (QED) is 0.764. The summed E-state index contributed by atoms with van der Waals surface area (Å²) < 4.78 is 19.7. The lowest BCUT2D eigenvalue weighted by atomic mass is 10.0. The molecule has 0 aliphatic carbocycles. The Bertz CT molecular complexity index is 980. The van der Waals surface area contributed by atoms with Gasteiger partial charge in [0.15, 0.2) is 4.87 Å². The minimum absolute atomic E-state index is 0.0649. The van der Waals surface area contributed by atoms with Crippen LogP contribution in [0, 0.1) is 11.7 Å². The predicted molar refractivity (Wildman–Crippen MR) is 111 cm³/mol. The van der Waals surface area contributed by atoms with Crippen molar-refractivity contribution in [2.24, 2.45) is 5.92 Å². The maximum absolute atomic E-state index is 14.3. The second kappa shape index (κ2) is 7.37. The lowest BCUT2D eigenvalue weighted by Crippen LogP contribution is -2.51. The molecule has 152 valence electrons. The average molecular weight is 415 g/mol. The van der Waals surface area contributed by atoms with Crippen LogP contribution in [0.15, 0.2) is 42.5 Å². The molecule has 2 aromatic carbocycles. The molecule has 1 saturated heterocycles. The van der Waals surface area contributed by atoms with E-state index < -0.39 is 4.87 Å². The molecule has 0 aromatic heterocycles. The van der Waals surface area contributed by atoms with E-state index >= 15 is 0 Å². The maximum Gasteiger partial charge on any atom is 0.268 e. The molecular formula is C22H23FN2O3S. The van der Waals surface area contributed by atoms with Crippen molar-refractivity contribution in [3.63, 3.8) is 0 Å². The van der Waals surface area contributed by atoms with Crippen LogP contribution in [-0.4, -0.2) is 36.1 Å². The number of amides is 2. The van der Waals surface area contributed by atoms with Crippen molar-refractivity contribution in [3.8, 4) is 5.75 Å². The number of anilines is 1.